The van der Waals surface area contributed by atoms with Gasteiger partial charge in [-0.2, -0.15) is 0 Å². The van der Waals surface area contributed by atoms with Gasteiger partial charge in [-0.25, -0.2) is 17.6 Å². The third kappa shape index (κ3) is 4.23. The van der Waals surface area contributed by atoms with Crippen molar-refractivity contribution in [3.05, 3.63) is 40.7 Å². The summed E-state index contributed by atoms with van der Waals surface area (Å²) in [5, 5.41) is -2.19. The van der Waals surface area contributed by atoms with Crippen molar-refractivity contribution in [2.75, 3.05) is 11.3 Å². The first-order valence-electron chi connectivity index (χ1n) is 8.33. The van der Waals surface area contributed by atoms with E-state index in [1.165, 1.54) is 6.92 Å². The first-order valence-corrected chi connectivity index (χ1v) is 8.75. The molecular weight excluding hydrogens is 345 g/mol. The Labute approximate surface area is 143 Å². The summed E-state index contributed by atoms with van der Waals surface area (Å²) in [7, 11) is -4.54. The maximum Gasteiger partial charge on any atom is 0.335 e. The van der Waals surface area contributed by atoms with Crippen LogP contribution in [0.4, 0.5) is 10.1 Å². The number of ether oxygens (including phenoxy) is 1. The van der Waals surface area contributed by atoms with Crippen LogP contribution in [0.5, 0.6) is 0 Å². The Kier molecular flexibility index (Phi) is 4.39. The van der Waals surface area contributed by atoms with Gasteiger partial charge in [0.1, 0.15) is 11.1 Å². The van der Waals surface area contributed by atoms with Crippen LogP contribution in [0.2, 0.25) is 5.02 Å². The molecule has 1 aromatic rings. The van der Waals surface area contributed by atoms with E-state index in [4.69, 9.17) is 20.5 Å². The number of nitrogens with one attached hydrogen (secondary N) is 1. The van der Waals surface area contributed by atoms with Gasteiger partial charge in [0.2, 0.25) is 10.0 Å². The fraction of sp³-hybridized carbons (Fsp3) is 0.400. The minimum Gasteiger partial charge on any atom is -0.463 e. The highest BCUT2D eigenvalue weighted by Gasteiger charge is 2.35. The predicted octanol–water partition coefficient (Wildman–Crippen LogP) is 3.26. The van der Waals surface area contributed by atoms with E-state index in [0.717, 1.165) is 18.2 Å². The zero-order valence-corrected chi connectivity index (χ0v) is 13.8. The SMILES string of the molecule is [2H]C1=C(C(=O)OCC)[C@H](S(=O)(=O)Nc2ccc(F)cc2Cl)C([2H])([2H])CC1. The molecule has 0 heterocycles. The minimum atomic E-state index is -4.54. The van der Waals surface area contributed by atoms with Crippen LogP contribution in [-0.4, -0.2) is 26.2 Å². The van der Waals surface area contributed by atoms with Crippen molar-refractivity contribution in [2.24, 2.45) is 0 Å². The summed E-state index contributed by atoms with van der Waals surface area (Å²) < 4.78 is 69.8. The number of carbonyl (C=O) groups is 1. The third-order valence-electron chi connectivity index (χ3n) is 3.02. The van der Waals surface area contributed by atoms with Crippen molar-refractivity contribution < 1.29 is 26.5 Å². The number of anilines is 1. The van der Waals surface area contributed by atoms with Gasteiger partial charge < -0.3 is 4.74 Å². The number of rotatable bonds is 5. The minimum absolute atomic E-state index is 0.0530. The van der Waals surface area contributed by atoms with Crippen molar-refractivity contribution in [3.8, 4) is 0 Å². The molecule has 0 spiro atoms. The van der Waals surface area contributed by atoms with Crippen molar-refractivity contribution in [3.63, 3.8) is 0 Å². The first-order chi connectivity index (χ1) is 12.0. The van der Waals surface area contributed by atoms with Gasteiger partial charge >= 0.3 is 5.97 Å². The van der Waals surface area contributed by atoms with Gasteiger partial charge in [0.05, 0.1) is 24.3 Å². The average Bonchev–Trinajstić information content (AvgIpc) is 2.52. The number of benzene rings is 1. The van der Waals surface area contributed by atoms with Crippen molar-refractivity contribution >= 4 is 33.3 Å². The number of allylic oxidation sites excluding steroid dienone is 1. The fourth-order valence-corrected chi connectivity index (χ4v) is 3.73. The Morgan fingerprint density at radius 3 is 3.00 bits per heavy atom. The summed E-state index contributed by atoms with van der Waals surface area (Å²) in [6, 6.07) is 2.67. The fourth-order valence-electron chi connectivity index (χ4n) is 2.03. The number of carbonyl (C=O) groups excluding carboxylic acids is 1. The molecule has 0 saturated carbocycles. The molecule has 23 heavy (non-hydrogen) atoms. The molecule has 1 aliphatic rings. The van der Waals surface area contributed by atoms with Gasteiger partial charge in [-0.15, -0.1) is 0 Å². The summed E-state index contributed by atoms with van der Waals surface area (Å²) in [6.07, 6.45) is -2.66. The quantitative estimate of drug-likeness (QED) is 0.814. The Hall–Kier alpha value is -1.60. The Morgan fingerprint density at radius 1 is 1.61 bits per heavy atom. The van der Waals surface area contributed by atoms with Crippen molar-refractivity contribution in [1.29, 1.82) is 0 Å². The molecule has 1 aromatic carbocycles. The molecule has 0 amide bonds. The topological polar surface area (TPSA) is 72.5 Å². The monoisotopic (exact) mass is 364 g/mol. The lowest BCUT2D eigenvalue weighted by atomic mass is 9.99. The average molecular weight is 365 g/mol. The summed E-state index contributed by atoms with van der Waals surface area (Å²) in [4.78, 5) is 12.2. The highest BCUT2D eigenvalue weighted by atomic mass is 35.5. The van der Waals surface area contributed by atoms with Gasteiger partial charge in [0.15, 0.2) is 0 Å². The van der Waals surface area contributed by atoms with Gasteiger partial charge in [0.25, 0.3) is 0 Å². The summed E-state index contributed by atoms with van der Waals surface area (Å²) in [5.74, 6) is -1.73. The van der Waals surface area contributed by atoms with Crippen LogP contribution >= 0.6 is 11.6 Å². The van der Waals surface area contributed by atoms with Gasteiger partial charge in [0, 0.05) is 2.74 Å². The van der Waals surface area contributed by atoms with Crippen LogP contribution in [0.3, 0.4) is 0 Å². The van der Waals surface area contributed by atoms with E-state index in [9.17, 15) is 17.6 Å². The van der Waals surface area contributed by atoms with Crippen LogP contribution < -0.4 is 4.72 Å². The van der Waals surface area contributed by atoms with E-state index in [-0.39, 0.29) is 36.2 Å². The zero-order valence-electron chi connectivity index (χ0n) is 15.2. The third-order valence-corrected chi connectivity index (χ3v) is 4.86. The summed E-state index contributed by atoms with van der Waals surface area (Å²) in [6.45, 7) is 1.46. The number of esters is 1. The molecule has 0 aliphatic heterocycles. The molecule has 1 N–H and O–H groups in total. The molecule has 0 fully saturated rings. The Balaban J connectivity index is 2.51. The number of sulfonamides is 1. The molecule has 8 heteroatoms. The number of halogens is 2. The van der Waals surface area contributed by atoms with E-state index in [1.807, 2.05) is 0 Å². The van der Waals surface area contributed by atoms with Crippen molar-refractivity contribution in [1.82, 2.24) is 0 Å². The maximum absolute atomic E-state index is 13.1. The van der Waals surface area contributed by atoms with Crippen LogP contribution in [0, 0.1) is 5.82 Å². The highest BCUT2D eigenvalue weighted by molar-refractivity contribution is 7.93. The molecule has 0 aromatic heterocycles. The van der Waals surface area contributed by atoms with E-state index >= 15 is 0 Å². The summed E-state index contributed by atoms with van der Waals surface area (Å²) >= 11 is 5.82. The summed E-state index contributed by atoms with van der Waals surface area (Å²) in [5.41, 5.74) is -0.710. The smallest absolute Gasteiger partial charge is 0.335 e. The molecule has 1 atom stereocenters. The molecule has 0 bridgehead atoms. The predicted molar refractivity (Wildman–Crippen MR) is 86.3 cm³/mol. The van der Waals surface area contributed by atoms with Crippen LogP contribution in [0.15, 0.2) is 29.8 Å². The molecular formula is C15H17ClFNO4S. The van der Waals surface area contributed by atoms with Crippen LogP contribution in [0.25, 0.3) is 0 Å². The molecule has 5 nitrogen and oxygen atoms in total. The second kappa shape index (κ2) is 7.31. The zero-order chi connectivity index (χ0) is 19.7. The lowest BCUT2D eigenvalue weighted by Gasteiger charge is -2.24. The second-order valence-corrected chi connectivity index (χ2v) is 6.84. The molecule has 0 unspecified atom stereocenters. The first kappa shape index (κ1) is 13.8. The number of hydrogen-bond donors (Lipinski definition) is 1. The van der Waals surface area contributed by atoms with Crippen molar-refractivity contribution in [2.45, 2.75) is 31.4 Å². The van der Waals surface area contributed by atoms with Gasteiger partial charge in [-0.3, -0.25) is 4.72 Å². The number of hydrogen-bond acceptors (Lipinski definition) is 4. The molecule has 126 valence electrons. The van der Waals surface area contributed by atoms with Gasteiger partial charge in [-0.05, 0) is 44.3 Å². The maximum atomic E-state index is 13.1. The van der Waals surface area contributed by atoms with E-state index in [0.29, 0.717) is 0 Å². The molecule has 0 radical (unpaired) electrons. The van der Waals surface area contributed by atoms with E-state index < -0.39 is 39.0 Å². The largest absolute Gasteiger partial charge is 0.463 e. The highest BCUT2D eigenvalue weighted by Crippen LogP contribution is 2.30. The van der Waals surface area contributed by atoms with Crippen LogP contribution in [-0.2, 0) is 19.6 Å². The standard InChI is InChI=1S/C15H17ClFNO4S/c1-2-22-15(19)11-5-3-4-6-14(11)23(20,21)18-13-8-7-10(17)9-12(13)16/h5,7-9,14,18H,2-4,6H2,1H3/t14-/m1/s1/i5D,6D2. The van der Waals surface area contributed by atoms with E-state index in [2.05, 4.69) is 4.72 Å². The normalized spacial score (nSPS) is 22.7. The molecule has 1 aliphatic carbocycles. The lowest BCUT2D eigenvalue weighted by Crippen LogP contribution is -2.34. The Morgan fingerprint density at radius 2 is 2.35 bits per heavy atom. The Bertz CT molecular complexity index is 860. The van der Waals surface area contributed by atoms with Crippen LogP contribution in [0.1, 0.15) is 30.3 Å². The lowest BCUT2D eigenvalue weighted by molar-refractivity contribution is -0.138. The van der Waals surface area contributed by atoms with E-state index in [1.54, 1.807) is 0 Å². The second-order valence-electron chi connectivity index (χ2n) is 4.67. The molecule has 0 saturated heterocycles. The van der Waals surface area contributed by atoms with Gasteiger partial charge in [-0.1, -0.05) is 17.7 Å². The molecule has 2 rings (SSSR count).